The summed E-state index contributed by atoms with van der Waals surface area (Å²) in [6.07, 6.45) is 22.9. The fraction of sp³-hybridized carbons (Fsp3) is 0.778. The highest BCUT2D eigenvalue weighted by atomic mass is 35.5. The zero-order valence-corrected chi connectivity index (χ0v) is 21.5. The molecule has 3 heteroatoms. The van der Waals surface area contributed by atoms with Crippen molar-refractivity contribution >= 4 is 34.8 Å². The Morgan fingerprint density at radius 1 is 0.400 bits per heavy atom. The molecule has 0 nitrogen and oxygen atoms in total. The van der Waals surface area contributed by atoms with Gasteiger partial charge in [-0.25, -0.2) is 0 Å². The van der Waals surface area contributed by atoms with Crippen molar-refractivity contribution in [2.75, 3.05) is 17.6 Å². The monoisotopic (exact) mass is 474 g/mol. The molecule has 1 aromatic rings. The molecule has 0 unspecified atom stereocenters. The largest absolute Gasteiger partial charge is 0.127 e. The summed E-state index contributed by atoms with van der Waals surface area (Å²) in [7, 11) is 0. The fourth-order valence-electron chi connectivity index (χ4n) is 4.15. The number of halogens is 3. The van der Waals surface area contributed by atoms with Crippen molar-refractivity contribution in [3.63, 3.8) is 0 Å². The summed E-state index contributed by atoms with van der Waals surface area (Å²) in [5, 5.41) is 0. The molecule has 0 amide bonds. The van der Waals surface area contributed by atoms with Crippen molar-refractivity contribution in [1.29, 1.82) is 0 Å². The van der Waals surface area contributed by atoms with E-state index in [2.05, 4.69) is 18.2 Å². The van der Waals surface area contributed by atoms with Crippen LogP contribution in [0.25, 0.3) is 0 Å². The highest BCUT2D eigenvalue weighted by Crippen LogP contribution is 2.21. The zero-order chi connectivity index (χ0) is 21.7. The first-order valence-corrected chi connectivity index (χ1v) is 14.2. The molecule has 0 radical (unpaired) electrons. The minimum Gasteiger partial charge on any atom is -0.127 e. The Kier molecular flexibility index (Phi) is 19.7. The van der Waals surface area contributed by atoms with E-state index in [0.717, 1.165) is 36.9 Å². The SMILES string of the molecule is ClCCCCCCCc1ccc(CCCCCCCCl)c(CCCCCCCCl)c1. The Morgan fingerprint density at radius 2 is 0.800 bits per heavy atom. The average Bonchev–Trinajstić information content (AvgIpc) is 2.76. The summed E-state index contributed by atoms with van der Waals surface area (Å²) in [4.78, 5) is 0. The second-order valence-electron chi connectivity index (χ2n) is 8.72. The maximum atomic E-state index is 5.80. The molecule has 0 fully saturated rings. The van der Waals surface area contributed by atoms with Gasteiger partial charge in [0.25, 0.3) is 0 Å². The van der Waals surface area contributed by atoms with Crippen molar-refractivity contribution in [3.05, 3.63) is 34.9 Å². The topological polar surface area (TPSA) is 0 Å². The van der Waals surface area contributed by atoms with Crippen LogP contribution in [0.4, 0.5) is 0 Å². The van der Waals surface area contributed by atoms with E-state index in [4.69, 9.17) is 34.8 Å². The van der Waals surface area contributed by atoms with Crippen LogP contribution in [-0.2, 0) is 19.3 Å². The third-order valence-corrected chi connectivity index (χ3v) is 6.83. The van der Waals surface area contributed by atoms with Crippen LogP contribution >= 0.6 is 34.8 Å². The lowest BCUT2D eigenvalue weighted by Crippen LogP contribution is -1.98. The molecule has 1 aromatic carbocycles. The lowest BCUT2D eigenvalue weighted by molar-refractivity contribution is 0.620. The number of alkyl halides is 3. The lowest BCUT2D eigenvalue weighted by atomic mass is 9.93. The summed E-state index contributed by atoms with van der Waals surface area (Å²) in [6.45, 7) is 0. The number of hydrogen-bond donors (Lipinski definition) is 0. The van der Waals surface area contributed by atoms with E-state index in [1.165, 1.54) is 102 Å². The summed E-state index contributed by atoms with van der Waals surface area (Å²) in [5.41, 5.74) is 4.75. The van der Waals surface area contributed by atoms with Gasteiger partial charge in [0.15, 0.2) is 0 Å². The predicted octanol–water partition coefficient (Wildman–Crippen LogP) is 9.88. The van der Waals surface area contributed by atoms with Crippen molar-refractivity contribution in [1.82, 2.24) is 0 Å². The highest BCUT2D eigenvalue weighted by Gasteiger charge is 2.06. The van der Waals surface area contributed by atoms with E-state index in [1.807, 2.05) is 0 Å². The van der Waals surface area contributed by atoms with Crippen LogP contribution in [-0.4, -0.2) is 17.6 Å². The minimum atomic E-state index is 0.808. The number of unbranched alkanes of at least 4 members (excludes halogenated alkanes) is 12. The molecule has 30 heavy (non-hydrogen) atoms. The first-order chi connectivity index (χ1) is 14.8. The van der Waals surface area contributed by atoms with E-state index >= 15 is 0 Å². The predicted molar refractivity (Wildman–Crippen MR) is 139 cm³/mol. The standard InChI is InChI=1S/C27H45Cl3/c28-21-13-7-1-4-10-16-25-19-20-26(17-11-5-2-8-14-22-29)27(24-25)18-12-6-3-9-15-23-30/h19-20,24H,1-18,21-23H2. The Labute approximate surface area is 202 Å². The van der Waals surface area contributed by atoms with Crippen LogP contribution in [0.2, 0.25) is 0 Å². The van der Waals surface area contributed by atoms with Crippen molar-refractivity contribution in [2.45, 2.75) is 116 Å². The molecule has 0 N–H and O–H groups in total. The van der Waals surface area contributed by atoms with Gasteiger partial charge in [0, 0.05) is 17.6 Å². The van der Waals surface area contributed by atoms with Crippen molar-refractivity contribution < 1.29 is 0 Å². The molecule has 0 aliphatic heterocycles. The van der Waals surface area contributed by atoms with E-state index in [-0.39, 0.29) is 0 Å². The van der Waals surface area contributed by atoms with Crippen LogP contribution in [0.1, 0.15) is 113 Å². The molecule has 0 saturated heterocycles. The van der Waals surface area contributed by atoms with Gasteiger partial charge in [-0.1, -0.05) is 76.0 Å². The third-order valence-electron chi connectivity index (χ3n) is 6.03. The first kappa shape index (κ1) is 28.1. The van der Waals surface area contributed by atoms with Crippen LogP contribution in [0.3, 0.4) is 0 Å². The number of rotatable bonds is 21. The van der Waals surface area contributed by atoms with Gasteiger partial charge in [-0.2, -0.15) is 0 Å². The molecular weight excluding hydrogens is 431 g/mol. The van der Waals surface area contributed by atoms with Gasteiger partial charge in [-0.3, -0.25) is 0 Å². The van der Waals surface area contributed by atoms with E-state index in [9.17, 15) is 0 Å². The Balaban J connectivity index is 2.48. The first-order valence-electron chi connectivity index (χ1n) is 12.6. The molecule has 0 atom stereocenters. The maximum absolute atomic E-state index is 5.80. The fourth-order valence-corrected chi connectivity index (χ4v) is 4.71. The Hall–Kier alpha value is 0.0900. The summed E-state index contributed by atoms with van der Waals surface area (Å²) >= 11 is 17.4. The van der Waals surface area contributed by atoms with E-state index < -0.39 is 0 Å². The Bertz CT molecular complexity index is 501. The highest BCUT2D eigenvalue weighted by molar-refractivity contribution is 6.18. The van der Waals surface area contributed by atoms with Crippen LogP contribution in [0, 0.1) is 0 Å². The van der Waals surface area contributed by atoms with E-state index in [0.29, 0.717) is 0 Å². The molecule has 0 bridgehead atoms. The molecule has 0 saturated carbocycles. The van der Waals surface area contributed by atoms with Gasteiger partial charge < -0.3 is 0 Å². The quantitative estimate of drug-likeness (QED) is 0.122. The van der Waals surface area contributed by atoms with Gasteiger partial charge in [-0.05, 0) is 74.5 Å². The summed E-state index contributed by atoms with van der Waals surface area (Å²) in [6, 6.07) is 7.36. The number of benzene rings is 1. The zero-order valence-electron chi connectivity index (χ0n) is 19.2. The number of aryl methyl sites for hydroxylation is 3. The van der Waals surface area contributed by atoms with Crippen LogP contribution < -0.4 is 0 Å². The average molecular weight is 476 g/mol. The van der Waals surface area contributed by atoms with E-state index in [1.54, 1.807) is 11.1 Å². The molecule has 0 heterocycles. The van der Waals surface area contributed by atoms with Crippen molar-refractivity contribution in [2.24, 2.45) is 0 Å². The smallest absolute Gasteiger partial charge is 0.0223 e. The third kappa shape index (κ3) is 15.0. The van der Waals surface area contributed by atoms with Gasteiger partial charge in [0.05, 0.1) is 0 Å². The maximum Gasteiger partial charge on any atom is 0.0223 e. The van der Waals surface area contributed by atoms with Gasteiger partial charge in [0.2, 0.25) is 0 Å². The second-order valence-corrected chi connectivity index (χ2v) is 9.86. The molecular formula is C27H45Cl3. The lowest BCUT2D eigenvalue weighted by Gasteiger charge is -2.13. The van der Waals surface area contributed by atoms with Crippen LogP contribution in [0.15, 0.2) is 18.2 Å². The van der Waals surface area contributed by atoms with Gasteiger partial charge in [-0.15, -0.1) is 34.8 Å². The molecule has 0 aromatic heterocycles. The van der Waals surface area contributed by atoms with Gasteiger partial charge in [0.1, 0.15) is 0 Å². The summed E-state index contributed by atoms with van der Waals surface area (Å²) < 4.78 is 0. The molecule has 0 aliphatic carbocycles. The number of hydrogen-bond acceptors (Lipinski definition) is 0. The van der Waals surface area contributed by atoms with Crippen LogP contribution in [0.5, 0.6) is 0 Å². The molecule has 174 valence electrons. The molecule has 0 aliphatic rings. The Morgan fingerprint density at radius 3 is 1.30 bits per heavy atom. The van der Waals surface area contributed by atoms with Gasteiger partial charge >= 0.3 is 0 Å². The second kappa shape index (κ2) is 21.0. The van der Waals surface area contributed by atoms with Crippen molar-refractivity contribution in [3.8, 4) is 0 Å². The summed E-state index contributed by atoms with van der Waals surface area (Å²) in [5.74, 6) is 2.43. The normalized spacial score (nSPS) is 11.3. The molecule has 1 rings (SSSR count). The molecule has 0 spiro atoms. The minimum absolute atomic E-state index is 0.808.